The van der Waals surface area contributed by atoms with Crippen LogP contribution in [0.4, 0.5) is 34.1 Å². The van der Waals surface area contributed by atoms with Crippen molar-refractivity contribution in [1.82, 2.24) is 4.57 Å². The van der Waals surface area contributed by atoms with Crippen molar-refractivity contribution in [3.05, 3.63) is 309 Å². The molecule has 0 spiro atoms. The van der Waals surface area contributed by atoms with E-state index in [2.05, 4.69) is 148 Å². The van der Waals surface area contributed by atoms with Crippen LogP contribution in [0.2, 0.25) is 0 Å². The Morgan fingerprint density at radius 2 is 0.573 bits per heavy atom. The minimum absolute atomic E-state index is 0.152. The Hall–Kier alpha value is -9.96. The largest absolute Gasteiger partial charge is 0.311 e. The molecule has 0 aliphatic rings. The van der Waals surface area contributed by atoms with Crippen LogP contribution < -0.4 is 9.80 Å². The zero-order valence-corrected chi connectivity index (χ0v) is 40.5. The molecule has 75 heavy (non-hydrogen) atoms. The molecule has 0 N–H and O–H groups in total. The summed E-state index contributed by atoms with van der Waals surface area (Å²) in [5.74, 6) is 0. The Morgan fingerprint density at radius 1 is 0.240 bits per heavy atom. The highest BCUT2D eigenvalue weighted by Crippen LogP contribution is 2.42. The first kappa shape index (κ1) is 35.2. The average molecular weight is 968 g/mol. The molecule has 3 heteroatoms. The number of nitrogens with zero attached hydrogens (tertiary/aromatic N) is 3. The summed E-state index contributed by atoms with van der Waals surface area (Å²) in [5.41, 5.74) is 16.0. The predicted octanol–water partition coefficient (Wildman–Crippen LogP) is 20.1. The highest BCUT2D eigenvalue weighted by Gasteiger charge is 2.18. The second-order valence-corrected chi connectivity index (χ2v) is 18.2. The summed E-state index contributed by atoms with van der Waals surface area (Å²) in [5, 5.41) is 2.30. The molecule has 0 bridgehead atoms. The molecule has 0 aliphatic heterocycles. The first-order valence-corrected chi connectivity index (χ1v) is 24.8. The Morgan fingerprint density at radius 3 is 1.01 bits per heavy atom. The summed E-state index contributed by atoms with van der Waals surface area (Å²) in [6, 6.07) is 80.9. The molecule has 0 atom stereocenters. The zero-order chi connectivity index (χ0) is 58.6. The fourth-order valence-electron chi connectivity index (χ4n) is 10.1. The van der Waals surface area contributed by atoms with Gasteiger partial charge in [0.05, 0.1) is 24.7 Å². The number of para-hydroxylation sites is 4. The minimum Gasteiger partial charge on any atom is -0.311 e. The molecule has 0 fully saturated rings. The summed E-state index contributed by atoms with van der Waals surface area (Å²) < 4.78 is 86.1. The van der Waals surface area contributed by atoms with Crippen LogP contribution in [0.1, 0.15) is 13.7 Å². The number of fused-ring (bicyclic) bond motifs is 3. The van der Waals surface area contributed by atoms with Crippen molar-refractivity contribution in [1.29, 1.82) is 0 Å². The summed E-state index contributed by atoms with van der Waals surface area (Å²) in [6.45, 7) is 0. The molecule has 0 unspecified atom stereocenters. The number of hydrogen-bond acceptors (Lipinski definition) is 2. The Kier molecular flexibility index (Phi) is 9.35. The van der Waals surface area contributed by atoms with Crippen LogP contribution in [0, 0.1) is 0 Å². The molecule has 12 aromatic carbocycles. The first-order chi connectivity index (χ1) is 41.3. The molecule has 0 saturated heterocycles. The number of hydrogen-bond donors (Lipinski definition) is 0. The third kappa shape index (κ3) is 8.94. The number of anilines is 6. The molecule has 3 nitrogen and oxygen atoms in total. The molecule has 13 rings (SSSR count). The van der Waals surface area contributed by atoms with Gasteiger partial charge in [-0.25, -0.2) is 0 Å². The van der Waals surface area contributed by atoms with Crippen LogP contribution in [-0.4, -0.2) is 4.57 Å². The van der Waals surface area contributed by atoms with Crippen LogP contribution in [0.15, 0.2) is 309 Å². The van der Waals surface area contributed by atoms with E-state index in [1.165, 1.54) is 0 Å². The summed E-state index contributed by atoms with van der Waals surface area (Å²) in [6.07, 6.45) is 0. The number of rotatable bonds is 12. The normalized spacial score (nSPS) is 13.1. The molecular formula is C72H51N3. The summed E-state index contributed by atoms with van der Waals surface area (Å²) in [4.78, 5) is 4.27. The third-order valence-electron chi connectivity index (χ3n) is 13.7. The summed E-state index contributed by atoms with van der Waals surface area (Å²) >= 11 is 0. The number of aromatic nitrogens is 1. The van der Waals surface area contributed by atoms with Crippen LogP contribution >= 0.6 is 0 Å². The topological polar surface area (TPSA) is 11.4 Å². The lowest BCUT2D eigenvalue weighted by Gasteiger charge is -2.26. The SMILES string of the molecule is [2H]c1c([2H])c([2H])c(-c2ccc(N(c3ccccc3)c3ccc(-c4cc(-c5ccc(N(c6ccccc6)c6ccc(-c7c([2H])c([2H])c([2H])c([2H])c7[2H])cc6)cc5)cc(-c5ccc6c(c5)c5ccccc5n6-c5ccccc5)c4)cc3)cc2)c([2H])c1[2H]. The maximum atomic E-state index is 8.61. The van der Waals surface area contributed by atoms with E-state index in [0.29, 0.717) is 11.1 Å². The van der Waals surface area contributed by atoms with Gasteiger partial charge in [-0.1, -0.05) is 188 Å². The third-order valence-corrected chi connectivity index (χ3v) is 13.7. The lowest BCUT2D eigenvalue weighted by molar-refractivity contribution is 1.18. The van der Waals surface area contributed by atoms with Gasteiger partial charge >= 0.3 is 0 Å². The van der Waals surface area contributed by atoms with Gasteiger partial charge in [0.25, 0.3) is 0 Å². The fraction of sp³-hybridized carbons (Fsp3) is 0. The highest BCUT2D eigenvalue weighted by molar-refractivity contribution is 6.10. The van der Waals surface area contributed by atoms with Gasteiger partial charge in [-0.2, -0.15) is 0 Å². The molecule has 0 saturated carbocycles. The molecule has 13 aromatic rings. The maximum Gasteiger partial charge on any atom is 0.0629 e. The fourth-order valence-corrected chi connectivity index (χ4v) is 10.1. The maximum absolute atomic E-state index is 8.61. The average Bonchev–Trinajstić information content (AvgIpc) is 2.95. The standard InChI is InChI=1S/C72H51N3/c1-6-18-52(19-7-1)54-30-39-65(40-31-54)73(62-22-10-3-11-23-62)67-43-34-56(35-44-67)59-48-60(50-61(49-59)58-38-47-72-70(51-58)69-28-16-17-29-71(69)75(72)64-26-14-5-15-27-64)57-36-45-68(46-37-57)74(63-24-12-4-13-25-63)66-41-32-55(33-42-66)53-20-8-2-9-21-53/h1-51H/i1D,2D,6D,7D,8D,9D,18D,19D,20D,21D. The van der Waals surface area contributed by atoms with Crippen molar-refractivity contribution in [2.75, 3.05) is 9.80 Å². The molecule has 1 aromatic heterocycles. The van der Waals surface area contributed by atoms with Crippen LogP contribution in [0.3, 0.4) is 0 Å². The van der Waals surface area contributed by atoms with Crippen LogP contribution in [0.5, 0.6) is 0 Å². The lowest BCUT2D eigenvalue weighted by Crippen LogP contribution is -2.09. The smallest absolute Gasteiger partial charge is 0.0629 e. The van der Waals surface area contributed by atoms with Gasteiger partial charge in [0.1, 0.15) is 0 Å². The zero-order valence-electron chi connectivity index (χ0n) is 50.5. The number of benzene rings is 12. The van der Waals surface area contributed by atoms with Gasteiger partial charge in [0.2, 0.25) is 0 Å². The highest BCUT2D eigenvalue weighted by atomic mass is 15.1. The molecular weight excluding hydrogens is 907 g/mol. The van der Waals surface area contributed by atoms with E-state index >= 15 is 0 Å². The van der Waals surface area contributed by atoms with E-state index in [1.807, 2.05) is 91.0 Å². The Labute approximate surface area is 452 Å². The van der Waals surface area contributed by atoms with Crippen molar-refractivity contribution in [2.24, 2.45) is 0 Å². The van der Waals surface area contributed by atoms with E-state index < -0.39 is 12.1 Å². The Bertz CT molecular complexity index is 4400. The second kappa shape index (κ2) is 19.9. The van der Waals surface area contributed by atoms with Gasteiger partial charge in [-0.05, 0) is 177 Å². The van der Waals surface area contributed by atoms with Crippen molar-refractivity contribution in [2.45, 2.75) is 0 Å². The Balaban J connectivity index is 0.905. The van der Waals surface area contributed by atoms with Gasteiger partial charge in [-0.3, -0.25) is 0 Å². The van der Waals surface area contributed by atoms with E-state index in [4.69, 9.17) is 13.7 Å². The molecule has 0 amide bonds. The van der Waals surface area contributed by atoms with Crippen molar-refractivity contribution in [3.8, 4) is 61.3 Å². The van der Waals surface area contributed by atoms with Crippen molar-refractivity contribution >= 4 is 55.9 Å². The van der Waals surface area contributed by atoms with Crippen LogP contribution in [-0.2, 0) is 0 Å². The monoisotopic (exact) mass is 967 g/mol. The summed E-state index contributed by atoms with van der Waals surface area (Å²) in [7, 11) is 0. The molecule has 0 aliphatic carbocycles. The van der Waals surface area contributed by atoms with Gasteiger partial charge in [0.15, 0.2) is 0 Å². The first-order valence-electron chi connectivity index (χ1n) is 29.8. The van der Waals surface area contributed by atoms with Gasteiger partial charge in [0, 0.05) is 50.6 Å². The second-order valence-electron chi connectivity index (χ2n) is 18.2. The minimum atomic E-state index is -0.426. The quantitative estimate of drug-likeness (QED) is 0.121. The van der Waals surface area contributed by atoms with E-state index in [1.54, 1.807) is 24.3 Å². The lowest BCUT2D eigenvalue weighted by atomic mass is 9.92. The van der Waals surface area contributed by atoms with Crippen LogP contribution in [0.25, 0.3) is 83.1 Å². The van der Waals surface area contributed by atoms with Crippen molar-refractivity contribution < 1.29 is 13.7 Å². The van der Waals surface area contributed by atoms with E-state index in [0.717, 1.165) is 95.0 Å². The van der Waals surface area contributed by atoms with E-state index in [9.17, 15) is 0 Å². The van der Waals surface area contributed by atoms with Gasteiger partial charge < -0.3 is 14.4 Å². The predicted molar refractivity (Wildman–Crippen MR) is 317 cm³/mol. The molecule has 354 valence electrons. The van der Waals surface area contributed by atoms with Gasteiger partial charge in [-0.15, -0.1) is 0 Å². The molecule has 0 radical (unpaired) electrons. The molecule has 1 heterocycles. The van der Waals surface area contributed by atoms with Crippen molar-refractivity contribution in [3.63, 3.8) is 0 Å². The van der Waals surface area contributed by atoms with E-state index in [-0.39, 0.29) is 59.5 Å².